The number of carbonyl (C=O) groups is 1. The quantitative estimate of drug-likeness (QED) is 0.589. The Bertz CT molecular complexity index is 789. The van der Waals surface area contributed by atoms with Crippen molar-refractivity contribution in [3.05, 3.63) is 64.1 Å². The summed E-state index contributed by atoms with van der Waals surface area (Å²) < 4.78 is 6.61. The number of benzene rings is 2. The zero-order valence-electron chi connectivity index (χ0n) is 18.1. The van der Waals surface area contributed by atoms with Crippen LogP contribution in [0.25, 0.3) is 0 Å². The van der Waals surface area contributed by atoms with Gasteiger partial charge < -0.3 is 15.4 Å². The molecule has 2 aromatic carbocycles. The first-order valence-corrected chi connectivity index (χ1v) is 10.8. The molecular weight excluding hydrogens is 428 g/mol. The van der Waals surface area contributed by atoms with Gasteiger partial charge in [0, 0.05) is 27.2 Å². The van der Waals surface area contributed by atoms with Crippen molar-refractivity contribution >= 4 is 22.2 Å². The maximum Gasteiger partial charge on any atom is 0.150 e. The van der Waals surface area contributed by atoms with Crippen molar-refractivity contribution in [1.82, 2.24) is 10.6 Å². The number of aldehydes is 1. The minimum atomic E-state index is 0.273. The van der Waals surface area contributed by atoms with Gasteiger partial charge in [-0.15, -0.1) is 0 Å². The van der Waals surface area contributed by atoms with Crippen LogP contribution in [0.4, 0.5) is 0 Å². The molecule has 0 saturated carbocycles. The number of halogens is 1. The van der Waals surface area contributed by atoms with E-state index in [1.165, 1.54) is 12.8 Å². The van der Waals surface area contributed by atoms with Crippen LogP contribution in [0.1, 0.15) is 56.5 Å². The summed E-state index contributed by atoms with van der Waals surface area (Å²) in [5.41, 5.74) is 2.19. The van der Waals surface area contributed by atoms with E-state index in [0.29, 0.717) is 18.2 Å². The van der Waals surface area contributed by atoms with Crippen molar-refractivity contribution < 1.29 is 9.53 Å². The second-order valence-corrected chi connectivity index (χ2v) is 9.81. The third-order valence-corrected chi connectivity index (χ3v) is 5.38. The third-order valence-electron chi connectivity index (χ3n) is 4.89. The Labute approximate surface area is 183 Å². The SMILES string of the molecule is CNC1CC(C)(C)NC(C)(C)C1.O=Cc1cccc(COc2cccc(Br)c2)c1. The van der Waals surface area contributed by atoms with Gasteiger partial charge in [-0.25, -0.2) is 0 Å². The lowest BCUT2D eigenvalue weighted by atomic mass is 9.80. The standard InChI is InChI=1S/C14H11BrO2.C10H22N2/c15-13-5-2-6-14(8-13)17-10-12-4-1-3-11(7-12)9-16;1-9(2)6-8(11-5)7-10(3,4)12-9/h1-9H,10H2;8,11-12H,6-7H2,1-5H3. The molecule has 0 atom stereocenters. The predicted octanol–water partition coefficient (Wildman–Crippen LogP) is 5.36. The fourth-order valence-electron chi connectivity index (χ4n) is 4.01. The summed E-state index contributed by atoms with van der Waals surface area (Å²) in [4.78, 5) is 10.6. The number of piperidine rings is 1. The number of hydrogen-bond donors (Lipinski definition) is 2. The Kier molecular flexibility index (Phi) is 8.44. The molecule has 0 bridgehead atoms. The van der Waals surface area contributed by atoms with Crippen molar-refractivity contribution in [3.8, 4) is 5.75 Å². The highest BCUT2D eigenvalue weighted by atomic mass is 79.9. The second-order valence-electron chi connectivity index (χ2n) is 8.90. The van der Waals surface area contributed by atoms with Crippen LogP contribution in [-0.4, -0.2) is 30.5 Å². The van der Waals surface area contributed by atoms with Crippen LogP contribution in [0, 0.1) is 0 Å². The Morgan fingerprint density at radius 1 is 1.10 bits per heavy atom. The van der Waals surface area contributed by atoms with E-state index in [2.05, 4.69) is 61.3 Å². The van der Waals surface area contributed by atoms with Gasteiger partial charge in [-0.2, -0.15) is 0 Å². The Balaban J connectivity index is 0.000000221. The molecular formula is C24H33BrN2O2. The molecule has 4 nitrogen and oxygen atoms in total. The average molecular weight is 461 g/mol. The minimum absolute atomic E-state index is 0.273. The zero-order chi connectivity index (χ0) is 21.5. The van der Waals surface area contributed by atoms with Gasteiger partial charge >= 0.3 is 0 Å². The van der Waals surface area contributed by atoms with E-state index in [-0.39, 0.29) is 11.1 Å². The van der Waals surface area contributed by atoms with Crippen LogP contribution in [0.2, 0.25) is 0 Å². The summed E-state index contributed by atoms with van der Waals surface area (Å²) in [6.45, 7) is 9.56. The van der Waals surface area contributed by atoms with E-state index >= 15 is 0 Å². The lowest BCUT2D eigenvalue weighted by molar-refractivity contribution is 0.112. The van der Waals surface area contributed by atoms with Crippen molar-refractivity contribution in [3.63, 3.8) is 0 Å². The average Bonchev–Trinajstić information content (AvgIpc) is 2.65. The van der Waals surface area contributed by atoms with E-state index in [1.54, 1.807) is 6.07 Å². The number of carbonyl (C=O) groups excluding carboxylic acids is 1. The van der Waals surface area contributed by atoms with Crippen molar-refractivity contribution in [1.29, 1.82) is 0 Å². The normalized spacial score (nSPS) is 17.7. The summed E-state index contributed by atoms with van der Waals surface area (Å²) >= 11 is 3.38. The summed E-state index contributed by atoms with van der Waals surface area (Å²) in [5, 5.41) is 7.03. The molecule has 0 aliphatic carbocycles. The lowest BCUT2D eigenvalue weighted by Crippen LogP contribution is -2.61. The monoisotopic (exact) mass is 460 g/mol. The highest BCUT2D eigenvalue weighted by Crippen LogP contribution is 2.28. The molecule has 1 aliphatic rings. The Morgan fingerprint density at radius 3 is 2.34 bits per heavy atom. The van der Waals surface area contributed by atoms with Gasteiger partial charge in [-0.3, -0.25) is 4.79 Å². The molecule has 0 amide bonds. The van der Waals surface area contributed by atoms with E-state index < -0.39 is 0 Å². The summed E-state index contributed by atoms with van der Waals surface area (Å²) in [6, 6.07) is 15.7. The topological polar surface area (TPSA) is 50.4 Å². The number of nitrogens with one attached hydrogen (secondary N) is 2. The van der Waals surface area contributed by atoms with Gasteiger partial charge in [-0.1, -0.05) is 40.2 Å². The molecule has 0 unspecified atom stereocenters. The molecule has 1 saturated heterocycles. The van der Waals surface area contributed by atoms with Crippen molar-refractivity contribution in [2.45, 2.75) is 64.3 Å². The molecule has 1 heterocycles. The highest BCUT2D eigenvalue weighted by Gasteiger charge is 2.36. The molecule has 0 radical (unpaired) electrons. The summed E-state index contributed by atoms with van der Waals surface area (Å²) in [5.74, 6) is 0.802. The molecule has 2 aromatic rings. The minimum Gasteiger partial charge on any atom is -0.489 e. The molecule has 3 rings (SSSR count). The van der Waals surface area contributed by atoms with Crippen molar-refractivity contribution in [2.24, 2.45) is 0 Å². The zero-order valence-corrected chi connectivity index (χ0v) is 19.7. The number of hydrogen-bond acceptors (Lipinski definition) is 4. The van der Waals surface area contributed by atoms with Gasteiger partial charge in [0.2, 0.25) is 0 Å². The molecule has 158 valence electrons. The van der Waals surface area contributed by atoms with Gasteiger partial charge in [0.25, 0.3) is 0 Å². The summed E-state index contributed by atoms with van der Waals surface area (Å²) in [6.07, 6.45) is 3.27. The van der Waals surface area contributed by atoms with E-state index in [4.69, 9.17) is 4.74 Å². The first-order chi connectivity index (χ1) is 13.6. The van der Waals surface area contributed by atoms with Crippen LogP contribution in [-0.2, 0) is 6.61 Å². The first kappa shape index (κ1) is 23.6. The maximum absolute atomic E-state index is 10.6. The molecule has 29 heavy (non-hydrogen) atoms. The molecule has 1 aliphatic heterocycles. The molecule has 1 fully saturated rings. The molecule has 0 spiro atoms. The fraction of sp³-hybridized carbons (Fsp3) is 0.458. The van der Waals surface area contributed by atoms with Crippen LogP contribution in [0.5, 0.6) is 5.75 Å². The highest BCUT2D eigenvalue weighted by molar-refractivity contribution is 9.10. The van der Waals surface area contributed by atoms with E-state index in [0.717, 1.165) is 22.1 Å². The molecule has 5 heteroatoms. The number of rotatable bonds is 5. The Hall–Kier alpha value is -1.69. The van der Waals surface area contributed by atoms with Gasteiger partial charge in [0.1, 0.15) is 18.6 Å². The van der Waals surface area contributed by atoms with Gasteiger partial charge in [0.05, 0.1) is 0 Å². The fourth-order valence-corrected chi connectivity index (χ4v) is 4.38. The largest absolute Gasteiger partial charge is 0.489 e. The van der Waals surface area contributed by atoms with Gasteiger partial charge in [0.15, 0.2) is 0 Å². The predicted molar refractivity (Wildman–Crippen MR) is 124 cm³/mol. The summed E-state index contributed by atoms with van der Waals surface area (Å²) in [7, 11) is 2.06. The van der Waals surface area contributed by atoms with E-state index in [9.17, 15) is 4.79 Å². The van der Waals surface area contributed by atoms with Crippen LogP contribution < -0.4 is 15.4 Å². The molecule has 0 aromatic heterocycles. The Morgan fingerprint density at radius 2 is 1.76 bits per heavy atom. The lowest BCUT2D eigenvalue weighted by Gasteiger charge is -2.46. The first-order valence-electron chi connectivity index (χ1n) is 10.0. The molecule has 2 N–H and O–H groups in total. The van der Waals surface area contributed by atoms with Crippen molar-refractivity contribution in [2.75, 3.05) is 7.05 Å². The van der Waals surface area contributed by atoms with Gasteiger partial charge in [-0.05, 0) is 77.4 Å². The van der Waals surface area contributed by atoms with E-state index in [1.807, 2.05) is 42.5 Å². The maximum atomic E-state index is 10.6. The third kappa shape index (κ3) is 8.29. The van der Waals surface area contributed by atoms with Crippen LogP contribution >= 0.6 is 15.9 Å². The van der Waals surface area contributed by atoms with Crippen LogP contribution in [0.3, 0.4) is 0 Å². The number of ether oxygens (including phenoxy) is 1. The smallest absolute Gasteiger partial charge is 0.150 e. The second kappa shape index (κ2) is 10.4. The van der Waals surface area contributed by atoms with Crippen LogP contribution in [0.15, 0.2) is 53.0 Å².